The number of aryl methyl sites for hydroxylation is 1. The maximum atomic E-state index is 12.2. The topological polar surface area (TPSA) is 71.3 Å². The molecule has 0 bridgehead atoms. The molecule has 0 aliphatic carbocycles. The van der Waals surface area contributed by atoms with Gasteiger partial charge in [-0.05, 0) is 43.6 Å². The smallest absolute Gasteiger partial charge is 0.251 e. The minimum absolute atomic E-state index is 0.136. The van der Waals surface area contributed by atoms with E-state index in [-0.39, 0.29) is 12.5 Å². The van der Waals surface area contributed by atoms with Crippen LogP contribution in [0.15, 0.2) is 28.8 Å². The van der Waals surface area contributed by atoms with Crippen LogP contribution in [-0.2, 0) is 13.1 Å². The van der Waals surface area contributed by atoms with E-state index in [4.69, 9.17) is 4.52 Å². The van der Waals surface area contributed by atoms with E-state index in [0.29, 0.717) is 17.3 Å². The lowest BCUT2D eigenvalue weighted by Crippen LogP contribution is -2.25. The number of amides is 1. The zero-order valence-corrected chi connectivity index (χ0v) is 14.7. The molecule has 1 aromatic heterocycles. The monoisotopic (exact) mass is 330 g/mol. The summed E-state index contributed by atoms with van der Waals surface area (Å²) in [5.74, 6) is 0.836. The summed E-state index contributed by atoms with van der Waals surface area (Å²) in [4.78, 5) is 18.7. The molecule has 0 radical (unpaired) electrons. The van der Waals surface area contributed by atoms with Crippen LogP contribution in [0.5, 0.6) is 0 Å². The first-order valence-electron chi connectivity index (χ1n) is 8.51. The average Bonchev–Trinajstić information content (AvgIpc) is 2.99. The van der Waals surface area contributed by atoms with E-state index in [1.165, 1.54) is 5.56 Å². The third-order valence-corrected chi connectivity index (χ3v) is 3.68. The molecule has 1 heterocycles. The minimum Gasteiger partial charge on any atom is -0.345 e. The molecule has 0 aliphatic heterocycles. The summed E-state index contributed by atoms with van der Waals surface area (Å²) < 4.78 is 4.88. The van der Waals surface area contributed by atoms with Gasteiger partial charge in [0.15, 0.2) is 5.82 Å². The number of hydrogen-bond acceptors (Lipinski definition) is 5. The molecule has 6 nitrogen and oxygen atoms in total. The van der Waals surface area contributed by atoms with Crippen molar-refractivity contribution in [2.24, 2.45) is 0 Å². The highest BCUT2D eigenvalue weighted by Crippen LogP contribution is 2.09. The fourth-order valence-electron chi connectivity index (χ4n) is 2.60. The number of nitrogens with zero attached hydrogens (tertiary/aromatic N) is 3. The number of benzene rings is 1. The highest BCUT2D eigenvalue weighted by Gasteiger charge is 2.09. The summed E-state index contributed by atoms with van der Waals surface area (Å²) in [5.41, 5.74) is 1.86. The Kier molecular flexibility index (Phi) is 6.93. The van der Waals surface area contributed by atoms with Crippen LogP contribution in [0.1, 0.15) is 54.3 Å². The molecule has 2 rings (SSSR count). The van der Waals surface area contributed by atoms with Gasteiger partial charge in [0.25, 0.3) is 5.91 Å². The predicted octanol–water partition coefficient (Wildman–Crippen LogP) is 2.93. The van der Waals surface area contributed by atoms with Crippen molar-refractivity contribution in [2.45, 2.75) is 46.7 Å². The normalized spacial score (nSPS) is 11.0. The first-order chi connectivity index (χ1) is 11.6. The Labute approximate surface area is 143 Å². The molecule has 0 atom stereocenters. The lowest BCUT2D eigenvalue weighted by Gasteiger charge is -2.21. The van der Waals surface area contributed by atoms with E-state index in [1.54, 1.807) is 6.92 Å². The van der Waals surface area contributed by atoms with Crippen LogP contribution in [0.4, 0.5) is 0 Å². The van der Waals surface area contributed by atoms with Crippen molar-refractivity contribution in [3.05, 3.63) is 47.1 Å². The van der Waals surface area contributed by atoms with Crippen LogP contribution in [0.25, 0.3) is 0 Å². The molecule has 130 valence electrons. The number of rotatable bonds is 9. The van der Waals surface area contributed by atoms with Crippen LogP contribution in [-0.4, -0.2) is 34.0 Å². The summed E-state index contributed by atoms with van der Waals surface area (Å²) in [6.45, 7) is 9.49. The molecule has 0 fully saturated rings. The van der Waals surface area contributed by atoms with Crippen molar-refractivity contribution in [1.82, 2.24) is 20.4 Å². The van der Waals surface area contributed by atoms with Gasteiger partial charge >= 0.3 is 0 Å². The Bertz CT molecular complexity index is 631. The minimum atomic E-state index is -0.136. The molecule has 1 amide bonds. The van der Waals surface area contributed by atoms with E-state index in [0.717, 1.165) is 32.5 Å². The Morgan fingerprint density at radius 3 is 2.38 bits per heavy atom. The number of aromatic nitrogens is 2. The van der Waals surface area contributed by atoms with Crippen LogP contribution < -0.4 is 5.32 Å². The fourth-order valence-corrected chi connectivity index (χ4v) is 2.60. The second-order valence-corrected chi connectivity index (χ2v) is 5.89. The second kappa shape index (κ2) is 9.17. The van der Waals surface area contributed by atoms with E-state index in [1.807, 2.05) is 24.3 Å². The molecular formula is C18H26N4O2. The maximum absolute atomic E-state index is 12.2. The van der Waals surface area contributed by atoms with Crippen molar-refractivity contribution in [1.29, 1.82) is 0 Å². The second-order valence-electron chi connectivity index (χ2n) is 5.89. The first kappa shape index (κ1) is 18.1. The van der Waals surface area contributed by atoms with Gasteiger partial charge in [0, 0.05) is 19.0 Å². The highest BCUT2D eigenvalue weighted by molar-refractivity contribution is 5.94. The van der Waals surface area contributed by atoms with Crippen molar-refractivity contribution < 1.29 is 9.32 Å². The molecule has 0 spiro atoms. The van der Waals surface area contributed by atoms with E-state index >= 15 is 0 Å². The zero-order valence-electron chi connectivity index (χ0n) is 14.7. The van der Waals surface area contributed by atoms with Gasteiger partial charge in [-0.1, -0.05) is 31.1 Å². The van der Waals surface area contributed by atoms with Gasteiger partial charge in [0.1, 0.15) is 0 Å². The summed E-state index contributed by atoms with van der Waals surface area (Å²) in [6, 6.07) is 7.77. The van der Waals surface area contributed by atoms with Gasteiger partial charge in [0.2, 0.25) is 5.89 Å². The number of hydrogen-bond donors (Lipinski definition) is 1. The number of carbonyl (C=O) groups is 1. The standard InChI is InChI=1S/C18H26N4O2/c1-4-10-22(11-5-2)13-15-6-8-16(9-7-15)18(23)19-12-17-20-14(3)24-21-17/h6-9H,4-5,10-13H2,1-3H3,(H,19,23). The van der Waals surface area contributed by atoms with E-state index < -0.39 is 0 Å². The third kappa shape index (κ3) is 5.45. The van der Waals surface area contributed by atoms with Gasteiger partial charge in [-0.25, -0.2) is 0 Å². The molecule has 0 aliphatic rings. The summed E-state index contributed by atoms with van der Waals surface area (Å²) in [7, 11) is 0. The van der Waals surface area contributed by atoms with Gasteiger partial charge in [0.05, 0.1) is 6.54 Å². The molecular weight excluding hydrogens is 304 g/mol. The van der Waals surface area contributed by atoms with Crippen molar-refractivity contribution in [2.75, 3.05) is 13.1 Å². The SMILES string of the molecule is CCCN(CCC)Cc1ccc(C(=O)NCc2noc(C)n2)cc1. The van der Waals surface area contributed by atoms with Crippen LogP contribution in [0, 0.1) is 6.92 Å². The average molecular weight is 330 g/mol. The molecule has 1 aromatic carbocycles. The molecule has 0 unspecified atom stereocenters. The van der Waals surface area contributed by atoms with Gasteiger partial charge in [-0.2, -0.15) is 4.98 Å². The van der Waals surface area contributed by atoms with Gasteiger partial charge < -0.3 is 9.84 Å². The van der Waals surface area contributed by atoms with Crippen LogP contribution >= 0.6 is 0 Å². The number of carbonyl (C=O) groups excluding carboxylic acids is 1. The van der Waals surface area contributed by atoms with E-state index in [9.17, 15) is 4.79 Å². The Morgan fingerprint density at radius 2 is 1.83 bits per heavy atom. The fraction of sp³-hybridized carbons (Fsp3) is 0.500. The zero-order chi connectivity index (χ0) is 17.4. The number of nitrogens with one attached hydrogen (secondary N) is 1. The van der Waals surface area contributed by atoms with Crippen molar-refractivity contribution >= 4 is 5.91 Å². The first-order valence-corrected chi connectivity index (χ1v) is 8.51. The highest BCUT2D eigenvalue weighted by atomic mass is 16.5. The molecule has 1 N–H and O–H groups in total. The van der Waals surface area contributed by atoms with Crippen molar-refractivity contribution in [3.63, 3.8) is 0 Å². The van der Waals surface area contributed by atoms with E-state index in [2.05, 4.69) is 34.2 Å². The molecule has 2 aromatic rings. The Morgan fingerprint density at radius 1 is 1.17 bits per heavy atom. The Balaban J connectivity index is 1.89. The van der Waals surface area contributed by atoms with Gasteiger partial charge in [-0.15, -0.1) is 0 Å². The third-order valence-electron chi connectivity index (χ3n) is 3.68. The van der Waals surface area contributed by atoms with Crippen LogP contribution in [0.3, 0.4) is 0 Å². The van der Waals surface area contributed by atoms with Gasteiger partial charge in [-0.3, -0.25) is 9.69 Å². The van der Waals surface area contributed by atoms with Crippen LogP contribution in [0.2, 0.25) is 0 Å². The molecule has 0 saturated carbocycles. The van der Waals surface area contributed by atoms with Crippen molar-refractivity contribution in [3.8, 4) is 0 Å². The molecule has 0 saturated heterocycles. The Hall–Kier alpha value is -2.21. The summed E-state index contributed by atoms with van der Waals surface area (Å²) >= 11 is 0. The lowest BCUT2D eigenvalue weighted by molar-refractivity contribution is 0.0949. The maximum Gasteiger partial charge on any atom is 0.251 e. The quantitative estimate of drug-likeness (QED) is 0.765. The summed E-state index contributed by atoms with van der Waals surface area (Å²) in [6.07, 6.45) is 2.30. The molecule has 24 heavy (non-hydrogen) atoms. The lowest BCUT2D eigenvalue weighted by atomic mass is 10.1. The summed E-state index contributed by atoms with van der Waals surface area (Å²) in [5, 5.41) is 6.55. The molecule has 6 heteroatoms. The largest absolute Gasteiger partial charge is 0.345 e. The predicted molar refractivity (Wildman–Crippen MR) is 92.5 cm³/mol.